The van der Waals surface area contributed by atoms with E-state index in [1.54, 1.807) is 15.9 Å². The predicted molar refractivity (Wildman–Crippen MR) is 155 cm³/mol. The van der Waals surface area contributed by atoms with E-state index in [0.29, 0.717) is 18.5 Å². The van der Waals surface area contributed by atoms with Gasteiger partial charge >= 0.3 is 0 Å². The van der Waals surface area contributed by atoms with Crippen LogP contribution in [-0.2, 0) is 22.6 Å². The van der Waals surface area contributed by atoms with Crippen molar-refractivity contribution in [1.82, 2.24) is 10.2 Å². The van der Waals surface area contributed by atoms with E-state index >= 15 is 0 Å². The van der Waals surface area contributed by atoms with Gasteiger partial charge in [-0.05, 0) is 42.0 Å². The zero-order valence-corrected chi connectivity index (χ0v) is 22.4. The molecule has 0 fully saturated rings. The number of nitrogens with zero attached hydrogens (tertiary/aromatic N) is 2. The Morgan fingerprint density at radius 2 is 1.62 bits per heavy atom. The summed E-state index contributed by atoms with van der Waals surface area (Å²) >= 11 is 0. The molecule has 3 amide bonds. The van der Waals surface area contributed by atoms with Gasteiger partial charge in [-0.2, -0.15) is 0 Å². The highest BCUT2D eigenvalue weighted by Gasteiger charge is 2.35. The third kappa shape index (κ3) is 5.55. The third-order valence-electron chi connectivity index (χ3n) is 7.20. The number of aryl methyl sites for hydroxylation is 1. The number of benzene rings is 4. The number of carbonyl (C=O) groups is 3. The SMILES string of the molecule is CCCNC(=O)C(Cc1ccccc1)N(Cc1cccc(C)c1)C(=O)CN1C(=O)c2cccc3cccc1c23. The highest BCUT2D eigenvalue weighted by Crippen LogP contribution is 2.37. The first-order chi connectivity index (χ1) is 19.0. The second-order valence-electron chi connectivity index (χ2n) is 10.1. The first-order valence-electron chi connectivity index (χ1n) is 13.5. The lowest BCUT2D eigenvalue weighted by Gasteiger charge is -2.33. The minimum absolute atomic E-state index is 0.148. The van der Waals surface area contributed by atoms with Crippen molar-refractivity contribution in [2.24, 2.45) is 0 Å². The van der Waals surface area contributed by atoms with Crippen molar-refractivity contribution in [3.63, 3.8) is 0 Å². The summed E-state index contributed by atoms with van der Waals surface area (Å²) in [6.07, 6.45) is 1.16. The topological polar surface area (TPSA) is 69.7 Å². The molecular weight excluding hydrogens is 486 g/mol. The van der Waals surface area contributed by atoms with Crippen LogP contribution in [0, 0.1) is 6.92 Å². The lowest BCUT2D eigenvalue weighted by Crippen LogP contribution is -2.53. The zero-order valence-electron chi connectivity index (χ0n) is 22.4. The molecule has 1 aliphatic heterocycles. The van der Waals surface area contributed by atoms with Crippen molar-refractivity contribution < 1.29 is 14.4 Å². The fourth-order valence-electron chi connectivity index (χ4n) is 5.29. The molecule has 1 atom stereocenters. The van der Waals surface area contributed by atoms with Crippen LogP contribution in [-0.4, -0.2) is 41.8 Å². The summed E-state index contributed by atoms with van der Waals surface area (Å²) in [6.45, 7) is 4.64. The minimum Gasteiger partial charge on any atom is -0.354 e. The number of anilines is 1. The molecule has 0 bridgehead atoms. The molecule has 1 N–H and O–H groups in total. The standard InChI is InChI=1S/C33H33N3O3/c1-3-18-34-32(38)29(20-24-11-5-4-6-12-24)35(21-25-13-7-10-23(2)19-25)30(37)22-36-28-17-9-15-26-14-8-16-27(31(26)28)33(36)39/h4-17,19,29H,3,18,20-22H2,1-2H3,(H,34,38). The van der Waals surface area contributed by atoms with Gasteiger partial charge in [0.05, 0.1) is 5.69 Å². The number of hydrogen-bond donors (Lipinski definition) is 1. The van der Waals surface area contributed by atoms with Crippen molar-refractivity contribution in [2.75, 3.05) is 18.0 Å². The summed E-state index contributed by atoms with van der Waals surface area (Å²) in [7, 11) is 0. The molecule has 4 aromatic carbocycles. The van der Waals surface area contributed by atoms with Crippen LogP contribution in [0.4, 0.5) is 5.69 Å². The Balaban J connectivity index is 1.50. The van der Waals surface area contributed by atoms with E-state index in [1.807, 2.05) is 98.8 Å². The molecule has 0 saturated carbocycles. The number of hydrogen-bond acceptors (Lipinski definition) is 3. The average molecular weight is 520 g/mol. The monoisotopic (exact) mass is 519 g/mol. The van der Waals surface area contributed by atoms with Gasteiger partial charge in [-0.15, -0.1) is 0 Å². The Morgan fingerprint density at radius 3 is 2.36 bits per heavy atom. The zero-order chi connectivity index (χ0) is 27.4. The van der Waals surface area contributed by atoms with Crippen molar-refractivity contribution in [2.45, 2.75) is 39.3 Å². The maximum absolute atomic E-state index is 14.2. The molecule has 0 aromatic heterocycles. The second-order valence-corrected chi connectivity index (χ2v) is 10.1. The van der Waals surface area contributed by atoms with Gasteiger partial charge in [0.25, 0.3) is 5.91 Å². The fourth-order valence-corrected chi connectivity index (χ4v) is 5.29. The Hall–Kier alpha value is -4.45. The van der Waals surface area contributed by atoms with Crippen molar-refractivity contribution in [3.05, 3.63) is 113 Å². The number of nitrogens with one attached hydrogen (secondary N) is 1. The molecule has 198 valence electrons. The predicted octanol–water partition coefficient (Wildman–Crippen LogP) is 5.27. The van der Waals surface area contributed by atoms with E-state index in [-0.39, 0.29) is 30.8 Å². The molecule has 5 rings (SSSR count). The van der Waals surface area contributed by atoms with Gasteiger partial charge in [0.15, 0.2) is 0 Å². The number of amides is 3. The van der Waals surface area contributed by atoms with E-state index in [4.69, 9.17) is 0 Å². The van der Waals surface area contributed by atoms with Crippen LogP contribution in [0.2, 0.25) is 0 Å². The molecule has 0 radical (unpaired) electrons. The average Bonchev–Trinajstić information content (AvgIpc) is 3.22. The molecule has 0 aliphatic carbocycles. The van der Waals surface area contributed by atoms with Gasteiger partial charge in [-0.1, -0.05) is 91.3 Å². The molecule has 0 spiro atoms. The molecular formula is C33H33N3O3. The Labute approximate surface area is 229 Å². The van der Waals surface area contributed by atoms with Crippen molar-refractivity contribution >= 4 is 34.2 Å². The molecule has 6 nitrogen and oxygen atoms in total. The Morgan fingerprint density at radius 1 is 0.897 bits per heavy atom. The lowest BCUT2D eigenvalue weighted by molar-refractivity contribution is -0.140. The van der Waals surface area contributed by atoms with Crippen LogP contribution in [0.3, 0.4) is 0 Å². The minimum atomic E-state index is -0.733. The van der Waals surface area contributed by atoms with Gasteiger partial charge in [-0.25, -0.2) is 0 Å². The quantitative estimate of drug-likeness (QED) is 0.310. The van der Waals surface area contributed by atoms with Gasteiger partial charge in [0.1, 0.15) is 12.6 Å². The Bertz CT molecular complexity index is 1510. The maximum Gasteiger partial charge on any atom is 0.259 e. The van der Waals surface area contributed by atoms with E-state index in [2.05, 4.69) is 5.32 Å². The van der Waals surface area contributed by atoms with E-state index in [1.165, 1.54) is 0 Å². The lowest BCUT2D eigenvalue weighted by atomic mass is 10.0. The van der Waals surface area contributed by atoms with Crippen LogP contribution < -0.4 is 10.2 Å². The summed E-state index contributed by atoms with van der Waals surface area (Å²) in [5.41, 5.74) is 4.30. The summed E-state index contributed by atoms with van der Waals surface area (Å²) < 4.78 is 0. The van der Waals surface area contributed by atoms with Crippen LogP contribution in [0.1, 0.15) is 40.4 Å². The number of rotatable bonds is 10. The van der Waals surface area contributed by atoms with Crippen LogP contribution in [0.5, 0.6) is 0 Å². The summed E-state index contributed by atoms with van der Waals surface area (Å²) in [6, 6.07) is 28.4. The van der Waals surface area contributed by atoms with Crippen LogP contribution >= 0.6 is 0 Å². The van der Waals surface area contributed by atoms with Gasteiger partial charge in [0, 0.05) is 30.5 Å². The molecule has 1 unspecified atom stereocenters. The highest BCUT2D eigenvalue weighted by molar-refractivity contribution is 6.26. The highest BCUT2D eigenvalue weighted by atomic mass is 16.2. The molecule has 39 heavy (non-hydrogen) atoms. The first kappa shape index (κ1) is 26.2. The molecule has 1 aliphatic rings. The largest absolute Gasteiger partial charge is 0.354 e. The summed E-state index contributed by atoms with van der Waals surface area (Å²) in [5.74, 6) is -0.664. The summed E-state index contributed by atoms with van der Waals surface area (Å²) in [4.78, 5) is 44.4. The van der Waals surface area contributed by atoms with Crippen LogP contribution in [0.25, 0.3) is 10.8 Å². The van der Waals surface area contributed by atoms with Crippen LogP contribution in [0.15, 0.2) is 91.0 Å². The van der Waals surface area contributed by atoms with E-state index < -0.39 is 6.04 Å². The normalized spacial score (nSPS) is 13.0. The molecule has 1 heterocycles. The fraction of sp³-hybridized carbons (Fsp3) is 0.242. The molecule has 0 saturated heterocycles. The summed E-state index contributed by atoms with van der Waals surface area (Å²) in [5, 5.41) is 4.83. The van der Waals surface area contributed by atoms with Gasteiger partial charge in [0.2, 0.25) is 11.8 Å². The maximum atomic E-state index is 14.2. The van der Waals surface area contributed by atoms with Gasteiger partial charge in [-0.3, -0.25) is 19.3 Å². The smallest absolute Gasteiger partial charge is 0.259 e. The molecule has 6 heteroatoms. The third-order valence-corrected chi connectivity index (χ3v) is 7.20. The van der Waals surface area contributed by atoms with Crippen molar-refractivity contribution in [3.8, 4) is 0 Å². The second kappa shape index (κ2) is 11.5. The van der Waals surface area contributed by atoms with Crippen molar-refractivity contribution in [1.29, 1.82) is 0 Å². The number of carbonyl (C=O) groups excluding carboxylic acids is 3. The van der Waals surface area contributed by atoms with E-state index in [9.17, 15) is 14.4 Å². The Kier molecular flexibility index (Phi) is 7.73. The van der Waals surface area contributed by atoms with Gasteiger partial charge < -0.3 is 10.2 Å². The van der Waals surface area contributed by atoms with E-state index in [0.717, 1.165) is 39.6 Å². The first-order valence-corrected chi connectivity index (χ1v) is 13.5. The molecule has 4 aromatic rings.